The van der Waals surface area contributed by atoms with E-state index in [1.807, 2.05) is 24.1 Å². The Morgan fingerprint density at radius 1 is 1.21 bits per heavy atom. The van der Waals surface area contributed by atoms with Crippen molar-refractivity contribution in [2.75, 3.05) is 18.5 Å². The van der Waals surface area contributed by atoms with Crippen LogP contribution in [0.4, 0.5) is 15.9 Å². The molecule has 0 saturated carbocycles. The molecule has 19 heavy (non-hydrogen) atoms. The van der Waals surface area contributed by atoms with Gasteiger partial charge in [0.25, 0.3) is 0 Å². The zero-order valence-corrected chi connectivity index (χ0v) is 11.2. The van der Waals surface area contributed by atoms with Crippen molar-refractivity contribution in [2.45, 2.75) is 13.5 Å². The van der Waals surface area contributed by atoms with Crippen LogP contribution in [0.15, 0.2) is 42.6 Å². The molecule has 0 spiro atoms. The van der Waals surface area contributed by atoms with Crippen molar-refractivity contribution in [1.82, 2.24) is 10.3 Å². The van der Waals surface area contributed by atoms with Crippen LogP contribution >= 0.6 is 0 Å². The fourth-order valence-electron chi connectivity index (χ4n) is 1.82. The average Bonchev–Trinajstić information content (AvgIpc) is 2.45. The van der Waals surface area contributed by atoms with Crippen molar-refractivity contribution in [2.24, 2.45) is 0 Å². The van der Waals surface area contributed by atoms with E-state index in [2.05, 4.69) is 17.2 Å². The summed E-state index contributed by atoms with van der Waals surface area (Å²) in [5, 5.41) is 3.28. The van der Waals surface area contributed by atoms with Crippen LogP contribution < -0.4 is 10.2 Å². The van der Waals surface area contributed by atoms with Gasteiger partial charge < -0.3 is 10.2 Å². The summed E-state index contributed by atoms with van der Waals surface area (Å²) in [6.07, 6.45) is 1.79. The van der Waals surface area contributed by atoms with Gasteiger partial charge in [-0.25, -0.2) is 9.37 Å². The first-order valence-corrected chi connectivity index (χ1v) is 6.35. The monoisotopic (exact) mass is 259 g/mol. The van der Waals surface area contributed by atoms with Gasteiger partial charge in [0.1, 0.15) is 11.6 Å². The summed E-state index contributed by atoms with van der Waals surface area (Å²) < 4.78 is 12.9. The molecule has 2 rings (SSSR count). The van der Waals surface area contributed by atoms with E-state index in [0.29, 0.717) is 0 Å². The quantitative estimate of drug-likeness (QED) is 0.894. The Hall–Kier alpha value is -1.94. The SMILES string of the molecule is CCNCc1ccnc(N(C)c2ccc(F)cc2)c1. The van der Waals surface area contributed by atoms with Crippen molar-refractivity contribution in [3.8, 4) is 0 Å². The second-order valence-corrected chi connectivity index (χ2v) is 4.34. The first kappa shape index (κ1) is 13.5. The second kappa shape index (κ2) is 6.29. The highest BCUT2D eigenvalue weighted by Gasteiger charge is 2.06. The van der Waals surface area contributed by atoms with Crippen LogP contribution in [0.2, 0.25) is 0 Å². The van der Waals surface area contributed by atoms with E-state index in [9.17, 15) is 4.39 Å². The van der Waals surface area contributed by atoms with Crippen molar-refractivity contribution >= 4 is 11.5 Å². The molecule has 0 fully saturated rings. The molecule has 0 radical (unpaired) electrons. The van der Waals surface area contributed by atoms with Crippen LogP contribution in [-0.2, 0) is 6.54 Å². The molecule has 1 aromatic heterocycles. The molecule has 1 aromatic carbocycles. The van der Waals surface area contributed by atoms with Gasteiger partial charge in [-0.1, -0.05) is 6.92 Å². The molecule has 0 aliphatic heterocycles. The molecule has 1 heterocycles. The van der Waals surface area contributed by atoms with E-state index >= 15 is 0 Å². The lowest BCUT2D eigenvalue weighted by molar-refractivity contribution is 0.628. The molecule has 0 unspecified atom stereocenters. The molecule has 0 amide bonds. The smallest absolute Gasteiger partial charge is 0.132 e. The third kappa shape index (κ3) is 3.51. The molecule has 2 aromatic rings. The molecule has 0 aliphatic rings. The number of nitrogens with one attached hydrogen (secondary N) is 1. The number of aromatic nitrogens is 1. The molecule has 1 N–H and O–H groups in total. The predicted octanol–water partition coefficient (Wildman–Crippen LogP) is 3.10. The Morgan fingerprint density at radius 3 is 2.63 bits per heavy atom. The van der Waals surface area contributed by atoms with Gasteiger partial charge in [0.2, 0.25) is 0 Å². The van der Waals surface area contributed by atoms with Crippen LogP contribution in [0.25, 0.3) is 0 Å². The van der Waals surface area contributed by atoms with Gasteiger partial charge >= 0.3 is 0 Å². The fourth-order valence-corrected chi connectivity index (χ4v) is 1.82. The van der Waals surface area contributed by atoms with E-state index in [4.69, 9.17) is 0 Å². The van der Waals surface area contributed by atoms with Crippen LogP contribution in [0.3, 0.4) is 0 Å². The van der Waals surface area contributed by atoms with Crippen LogP contribution in [0.1, 0.15) is 12.5 Å². The lowest BCUT2D eigenvalue weighted by Gasteiger charge is -2.19. The number of hydrogen-bond donors (Lipinski definition) is 1. The minimum Gasteiger partial charge on any atom is -0.329 e. The highest BCUT2D eigenvalue weighted by molar-refractivity contribution is 5.59. The fraction of sp³-hybridized carbons (Fsp3) is 0.267. The molecule has 0 aliphatic carbocycles. The molecule has 3 nitrogen and oxygen atoms in total. The summed E-state index contributed by atoms with van der Waals surface area (Å²) in [5.41, 5.74) is 2.09. The lowest BCUT2D eigenvalue weighted by atomic mass is 10.2. The topological polar surface area (TPSA) is 28.2 Å². The first-order chi connectivity index (χ1) is 9.20. The van der Waals surface area contributed by atoms with Gasteiger partial charge in [-0.15, -0.1) is 0 Å². The Kier molecular flexibility index (Phi) is 4.47. The third-order valence-electron chi connectivity index (χ3n) is 2.95. The van der Waals surface area contributed by atoms with E-state index in [1.165, 1.54) is 17.7 Å². The molecule has 100 valence electrons. The highest BCUT2D eigenvalue weighted by atomic mass is 19.1. The van der Waals surface area contributed by atoms with E-state index < -0.39 is 0 Å². The average molecular weight is 259 g/mol. The number of halogens is 1. The number of nitrogens with zero attached hydrogens (tertiary/aromatic N) is 2. The number of hydrogen-bond acceptors (Lipinski definition) is 3. The Labute approximate surface area is 113 Å². The summed E-state index contributed by atoms with van der Waals surface area (Å²) in [6, 6.07) is 10.4. The zero-order chi connectivity index (χ0) is 13.7. The predicted molar refractivity (Wildman–Crippen MR) is 76.1 cm³/mol. The Bertz CT molecular complexity index is 525. The van der Waals surface area contributed by atoms with Crippen molar-refractivity contribution < 1.29 is 4.39 Å². The largest absolute Gasteiger partial charge is 0.329 e. The first-order valence-electron chi connectivity index (χ1n) is 6.35. The Morgan fingerprint density at radius 2 is 1.95 bits per heavy atom. The summed E-state index contributed by atoms with van der Waals surface area (Å²) >= 11 is 0. The van der Waals surface area contributed by atoms with Crippen LogP contribution in [0, 0.1) is 5.82 Å². The molecule has 0 atom stereocenters. The van der Waals surface area contributed by atoms with Gasteiger partial charge in [-0.3, -0.25) is 0 Å². The van der Waals surface area contributed by atoms with Gasteiger partial charge in [0.15, 0.2) is 0 Å². The summed E-state index contributed by atoms with van der Waals surface area (Å²) in [6.45, 7) is 3.83. The Balaban J connectivity index is 2.18. The standard InChI is InChI=1S/C15H18FN3/c1-3-17-11-12-8-9-18-15(10-12)19(2)14-6-4-13(16)5-7-14/h4-10,17H,3,11H2,1-2H3. The van der Waals surface area contributed by atoms with Crippen LogP contribution in [0.5, 0.6) is 0 Å². The summed E-state index contributed by atoms with van der Waals surface area (Å²) in [4.78, 5) is 6.29. The number of pyridine rings is 1. The van der Waals surface area contributed by atoms with E-state index in [1.54, 1.807) is 18.3 Å². The highest BCUT2D eigenvalue weighted by Crippen LogP contribution is 2.22. The number of anilines is 2. The second-order valence-electron chi connectivity index (χ2n) is 4.34. The maximum Gasteiger partial charge on any atom is 0.132 e. The molecule has 4 heteroatoms. The van der Waals surface area contributed by atoms with Crippen molar-refractivity contribution in [3.63, 3.8) is 0 Å². The molecular weight excluding hydrogens is 241 g/mol. The van der Waals surface area contributed by atoms with Gasteiger partial charge in [0.05, 0.1) is 0 Å². The molecule has 0 bridgehead atoms. The molecule has 0 saturated heterocycles. The normalized spacial score (nSPS) is 10.5. The van der Waals surface area contributed by atoms with Gasteiger partial charge in [0, 0.05) is 25.5 Å². The minimum absolute atomic E-state index is 0.231. The lowest BCUT2D eigenvalue weighted by Crippen LogP contribution is -2.14. The molecular formula is C15H18FN3. The van der Waals surface area contributed by atoms with Gasteiger partial charge in [-0.2, -0.15) is 0 Å². The number of rotatable bonds is 5. The minimum atomic E-state index is -0.231. The van der Waals surface area contributed by atoms with E-state index in [0.717, 1.165) is 24.6 Å². The van der Waals surface area contributed by atoms with E-state index in [-0.39, 0.29) is 5.82 Å². The summed E-state index contributed by atoms with van der Waals surface area (Å²) in [5.74, 6) is 0.619. The maximum atomic E-state index is 12.9. The van der Waals surface area contributed by atoms with Crippen LogP contribution in [-0.4, -0.2) is 18.6 Å². The third-order valence-corrected chi connectivity index (χ3v) is 2.95. The zero-order valence-electron chi connectivity index (χ0n) is 11.2. The summed E-state index contributed by atoms with van der Waals surface area (Å²) in [7, 11) is 1.92. The van der Waals surface area contributed by atoms with Crippen molar-refractivity contribution in [3.05, 3.63) is 54.0 Å². The van der Waals surface area contributed by atoms with Gasteiger partial charge in [-0.05, 0) is 48.5 Å². The number of benzene rings is 1. The van der Waals surface area contributed by atoms with Crippen molar-refractivity contribution in [1.29, 1.82) is 0 Å². The maximum absolute atomic E-state index is 12.9.